The number of anilines is 1. The second-order valence-electron chi connectivity index (χ2n) is 4.09. The molecule has 0 saturated heterocycles. The van der Waals surface area contributed by atoms with E-state index >= 15 is 0 Å². The average molecular weight is 278 g/mol. The van der Waals surface area contributed by atoms with E-state index in [0.29, 0.717) is 18.4 Å². The molecule has 1 unspecified atom stereocenters. The first-order valence-corrected chi connectivity index (χ1v) is 5.98. The van der Waals surface area contributed by atoms with Crippen molar-refractivity contribution in [2.75, 3.05) is 18.5 Å². The predicted molar refractivity (Wildman–Crippen MR) is 70.0 cm³/mol. The fourth-order valence-electron chi connectivity index (χ4n) is 1.53. The molecule has 0 aromatic carbocycles. The Kier molecular flexibility index (Phi) is 3.92. The molecule has 0 aliphatic rings. The van der Waals surface area contributed by atoms with Gasteiger partial charge >= 0.3 is 0 Å². The molecule has 2 rings (SSSR count). The molecule has 7 nitrogen and oxygen atoms in total. The number of aromatic nitrogens is 5. The van der Waals surface area contributed by atoms with Gasteiger partial charge in [-0.05, 0) is 18.5 Å². The largest absolute Gasteiger partial charge is 0.342 e. The van der Waals surface area contributed by atoms with Gasteiger partial charge < -0.3 is 4.90 Å². The van der Waals surface area contributed by atoms with E-state index in [9.17, 15) is 0 Å². The number of imidazole rings is 1. The Balaban J connectivity index is 2.29. The summed E-state index contributed by atoms with van der Waals surface area (Å²) in [6.45, 7) is 2.34. The maximum absolute atomic E-state index is 8.82. The Labute approximate surface area is 115 Å². The highest BCUT2D eigenvalue weighted by atomic mass is 35.5. The van der Waals surface area contributed by atoms with Gasteiger partial charge in [-0.1, -0.05) is 0 Å². The van der Waals surface area contributed by atoms with E-state index in [-0.39, 0.29) is 11.2 Å². The van der Waals surface area contributed by atoms with Crippen LogP contribution in [0, 0.1) is 17.2 Å². The quantitative estimate of drug-likeness (QED) is 0.838. The van der Waals surface area contributed by atoms with Crippen LogP contribution in [0.1, 0.15) is 6.92 Å². The summed E-state index contributed by atoms with van der Waals surface area (Å²) >= 11 is 5.89. The van der Waals surface area contributed by atoms with Gasteiger partial charge in [0.2, 0.25) is 17.2 Å². The molecule has 1 atom stereocenters. The summed E-state index contributed by atoms with van der Waals surface area (Å²) in [5.41, 5.74) is 0. The third kappa shape index (κ3) is 3.17. The van der Waals surface area contributed by atoms with Crippen molar-refractivity contribution in [2.24, 2.45) is 5.92 Å². The van der Waals surface area contributed by atoms with Crippen molar-refractivity contribution in [3.05, 3.63) is 24.0 Å². The Morgan fingerprint density at radius 3 is 2.89 bits per heavy atom. The van der Waals surface area contributed by atoms with E-state index in [4.69, 9.17) is 16.9 Å². The number of nitrogens with zero attached hydrogens (tertiary/aromatic N) is 7. The summed E-state index contributed by atoms with van der Waals surface area (Å²) in [5, 5.41) is 8.92. The molecule has 2 heterocycles. The lowest BCUT2D eigenvalue weighted by Crippen LogP contribution is -2.26. The van der Waals surface area contributed by atoms with Crippen LogP contribution in [0.2, 0.25) is 5.28 Å². The molecule has 2 aromatic heterocycles. The Morgan fingerprint density at radius 1 is 1.47 bits per heavy atom. The third-order valence-electron chi connectivity index (χ3n) is 2.43. The number of halogens is 1. The van der Waals surface area contributed by atoms with Crippen molar-refractivity contribution in [3.63, 3.8) is 0 Å². The maximum Gasteiger partial charge on any atom is 0.241 e. The first-order valence-electron chi connectivity index (χ1n) is 5.61. The van der Waals surface area contributed by atoms with Crippen molar-refractivity contribution >= 4 is 17.5 Å². The minimum absolute atomic E-state index is 0.102. The summed E-state index contributed by atoms with van der Waals surface area (Å²) in [6, 6.07) is 2.16. The summed E-state index contributed by atoms with van der Waals surface area (Å²) in [7, 11) is 1.80. The Hall–Kier alpha value is -2.20. The summed E-state index contributed by atoms with van der Waals surface area (Å²) in [6.07, 6.45) is 4.92. The van der Waals surface area contributed by atoms with Crippen molar-refractivity contribution in [1.29, 1.82) is 5.26 Å². The van der Waals surface area contributed by atoms with E-state index in [1.54, 1.807) is 35.2 Å². The van der Waals surface area contributed by atoms with Gasteiger partial charge in [-0.15, -0.1) is 0 Å². The molecule has 8 heteroatoms. The lowest BCUT2D eigenvalue weighted by molar-refractivity contribution is 0.697. The van der Waals surface area contributed by atoms with E-state index in [0.717, 1.165) is 0 Å². The molecule has 0 radical (unpaired) electrons. The van der Waals surface area contributed by atoms with Gasteiger partial charge in [-0.25, -0.2) is 4.98 Å². The number of rotatable bonds is 4. The molecular weight excluding hydrogens is 266 g/mol. The first kappa shape index (κ1) is 13.2. The van der Waals surface area contributed by atoms with E-state index in [2.05, 4.69) is 26.0 Å². The van der Waals surface area contributed by atoms with E-state index < -0.39 is 0 Å². The normalized spacial score (nSPS) is 11.9. The number of hydrogen-bond donors (Lipinski definition) is 0. The van der Waals surface area contributed by atoms with Crippen LogP contribution in [0.5, 0.6) is 0 Å². The Morgan fingerprint density at radius 2 is 2.26 bits per heavy atom. The highest BCUT2D eigenvalue weighted by Crippen LogP contribution is 2.13. The van der Waals surface area contributed by atoms with Gasteiger partial charge in [0.15, 0.2) is 0 Å². The highest BCUT2D eigenvalue weighted by molar-refractivity contribution is 6.28. The van der Waals surface area contributed by atoms with Gasteiger partial charge in [-0.2, -0.15) is 20.2 Å². The van der Waals surface area contributed by atoms with Crippen LogP contribution in [0.25, 0.3) is 5.95 Å². The van der Waals surface area contributed by atoms with Gasteiger partial charge in [0, 0.05) is 26.0 Å². The lowest BCUT2D eigenvalue weighted by atomic mass is 10.2. The van der Waals surface area contributed by atoms with Crippen molar-refractivity contribution in [2.45, 2.75) is 6.92 Å². The molecule has 0 aliphatic heterocycles. The van der Waals surface area contributed by atoms with Crippen LogP contribution in [0.3, 0.4) is 0 Å². The summed E-state index contributed by atoms with van der Waals surface area (Å²) in [5.74, 6) is 0.687. The van der Waals surface area contributed by atoms with Crippen LogP contribution >= 0.6 is 11.6 Å². The van der Waals surface area contributed by atoms with Gasteiger partial charge in [0.25, 0.3) is 0 Å². The van der Waals surface area contributed by atoms with Gasteiger partial charge in [0.05, 0.1) is 12.0 Å². The predicted octanol–water partition coefficient (Wildman–Crippen LogP) is 1.31. The second kappa shape index (κ2) is 5.63. The first-order chi connectivity index (χ1) is 9.10. The van der Waals surface area contributed by atoms with E-state index in [1.807, 2.05) is 6.92 Å². The molecule has 0 N–H and O–H groups in total. The smallest absolute Gasteiger partial charge is 0.241 e. The van der Waals surface area contributed by atoms with Crippen molar-refractivity contribution in [3.8, 4) is 12.0 Å². The van der Waals surface area contributed by atoms with Crippen LogP contribution < -0.4 is 4.90 Å². The fraction of sp³-hybridized carbons (Fsp3) is 0.364. The average Bonchev–Trinajstić information content (AvgIpc) is 2.91. The molecule has 0 aliphatic carbocycles. The molecule has 0 fully saturated rings. The molecular formula is C11H12ClN7. The minimum Gasteiger partial charge on any atom is -0.342 e. The molecule has 19 heavy (non-hydrogen) atoms. The summed E-state index contributed by atoms with van der Waals surface area (Å²) in [4.78, 5) is 18.1. The fourth-order valence-corrected chi connectivity index (χ4v) is 1.68. The molecule has 0 saturated carbocycles. The molecule has 0 bridgehead atoms. The van der Waals surface area contributed by atoms with Gasteiger partial charge in [0.1, 0.15) is 6.33 Å². The molecule has 0 spiro atoms. The van der Waals surface area contributed by atoms with Gasteiger partial charge in [-0.3, -0.25) is 4.57 Å². The zero-order chi connectivity index (χ0) is 13.8. The van der Waals surface area contributed by atoms with Crippen LogP contribution in [0.4, 0.5) is 5.95 Å². The molecule has 98 valence electrons. The molecule has 0 amide bonds. The number of hydrogen-bond acceptors (Lipinski definition) is 6. The van der Waals surface area contributed by atoms with Crippen molar-refractivity contribution in [1.82, 2.24) is 24.5 Å². The molecule has 2 aromatic rings. The standard InChI is InChI=1S/C11H12ClN7/c1-8(5-13)6-18(2)10-15-9(12)16-11(17-10)19-4-3-14-7-19/h3-4,7-8H,6H2,1-2H3. The lowest BCUT2D eigenvalue weighted by Gasteiger charge is -2.18. The SMILES string of the molecule is CC(C#N)CN(C)c1nc(Cl)nc(-n2ccnc2)n1. The van der Waals surface area contributed by atoms with Crippen LogP contribution in [0.15, 0.2) is 18.7 Å². The van der Waals surface area contributed by atoms with E-state index in [1.165, 1.54) is 0 Å². The third-order valence-corrected chi connectivity index (χ3v) is 2.60. The second-order valence-corrected chi connectivity index (χ2v) is 4.42. The highest BCUT2D eigenvalue weighted by Gasteiger charge is 2.12. The minimum atomic E-state index is -0.128. The topological polar surface area (TPSA) is 83.5 Å². The van der Waals surface area contributed by atoms with Crippen LogP contribution in [-0.4, -0.2) is 38.1 Å². The summed E-state index contributed by atoms with van der Waals surface area (Å²) < 4.78 is 1.64. The zero-order valence-electron chi connectivity index (χ0n) is 10.5. The maximum atomic E-state index is 8.82. The van der Waals surface area contributed by atoms with Crippen molar-refractivity contribution < 1.29 is 0 Å². The Bertz CT molecular complexity index is 590. The number of nitriles is 1. The monoisotopic (exact) mass is 277 g/mol. The van der Waals surface area contributed by atoms with Crippen LogP contribution in [-0.2, 0) is 0 Å². The zero-order valence-corrected chi connectivity index (χ0v) is 11.3.